The molecule has 2 aromatic rings. The zero-order valence-corrected chi connectivity index (χ0v) is 11.5. The quantitative estimate of drug-likeness (QED) is 0.857. The van der Waals surface area contributed by atoms with Crippen LogP contribution in [0.15, 0.2) is 41.4 Å². The van der Waals surface area contributed by atoms with E-state index in [2.05, 4.69) is 4.99 Å². The molecule has 4 heteroatoms. The van der Waals surface area contributed by atoms with Gasteiger partial charge in [0.05, 0.1) is 12.8 Å². The van der Waals surface area contributed by atoms with Gasteiger partial charge >= 0.3 is 0 Å². The first-order valence-electron chi connectivity index (χ1n) is 5.77. The number of aryl methyl sites for hydroxylation is 1. The average Bonchev–Trinajstić information content (AvgIpc) is 2.41. The van der Waals surface area contributed by atoms with Crippen molar-refractivity contribution in [2.75, 3.05) is 7.11 Å². The SMILES string of the molecule is COc1cc(C=Nc2ccc(C)c(Cl)c2)ccc1O. The van der Waals surface area contributed by atoms with Crippen LogP contribution >= 0.6 is 11.6 Å². The number of nitrogens with zero attached hydrogens (tertiary/aromatic N) is 1. The lowest BCUT2D eigenvalue weighted by Gasteiger charge is -2.03. The van der Waals surface area contributed by atoms with Crippen molar-refractivity contribution in [2.24, 2.45) is 4.99 Å². The van der Waals surface area contributed by atoms with Crippen LogP contribution in [0.2, 0.25) is 5.02 Å². The molecule has 0 aliphatic heterocycles. The van der Waals surface area contributed by atoms with Gasteiger partial charge in [-0.15, -0.1) is 0 Å². The molecule has 0 unspecified atom stereocenters. The summed E-state index contributed by atoms with van der Waals surface area (Å²) < 4.78 is 5.04. The summed E-state index contributed by atoms with van der Waals surface area (Å²) in [5, 5.41) is 10.2. The van der Waals surface area contributed by atoms with Gasteiger partial charge in [0.2, 0.25) is 0 Å². The first-order valence-corrected chi connectivity index (χ1v) is 6.15. The predicted molar refractivity (Wildman–Crippen MR) is 78.1 cm³/mol. The lowest BCUT2D eigenvalue weighted by atomic mass is 10.2. The Morgan fingerprint density at radius 2 is 2.00 bits per heavy atom. The Labute approximate surface area is 117 Å². The zero-order chi connectivity index (χ0) is 13.8. The van der Waals surface area contributed by atoms with Crippen molar-refractivity contribution < 1.29 is 9.84 Å². The van der Waals surface area contributed by atoms with Gasteiger partial charge in [-0.2, -0.15) is 0 Å². The smallest absolute Gasteiger partial charge is 0.161 e. The summed E-state index contributed by atoms with van der Waals surface area (Å²) in [4.78, 5) is 4.34. The molecule has 0 heterocycles. The van der Waals surface area contributed by atoms with E-state index in [1.165, 1.54) is 7.11 Å². The molecule has 3 nitrogen and oxygen atoms in total. The lowest BCUT2D eigenvalue weighted by molar-refractivity contribution is 0.373. The van der Waals surface area contributed by atoms with Crippen LogP contribution in [0.3, 0.4) is 0 Å². The molecule has 0 amide bonds. The van der Waals surface area contributed by atoms with Gasteiger partial charge in [0.15, 0.2) is 11.5 Å². The zero-order valence-electron chi connectivity index (χ0n) is 10.7. The summed E-state index contributed by atoms with van der Waals surface area (Å²) in [6.45, 7) is 1.95. The van der Waals surface area contributed by atoms with Gasteiger partial charge in [-0.3, -0.25) is 4.99 Å². The standard InChI is InChI=1S/C15H14ClNO2/c1-10-3-5-12(8-13(10)16)17-9-11-4-6-14(18)15(7-11)19-2/h3-9,18H,1-2H3. The van der Waals surface area contributed by atoms with Crippen molar-refractivity contribution in [3.05, 3.63) is 52.5 Å². The highest BCUT2D eigenvalue weighted by Crippen LogP contribution is 2.26. The van der Waals surface area contributed by atoms with Crippen LogP contribution < -0.4 is 4.74 Å². The fourth-order valence-corrected chi connectivity index (χ4v) is 1.76. The molecule has 0 saturated heterocycles. The van der Waals surface area contributed by atoms with E-state index in [4.69, 9.17) is 16.3 Å². The second-order valence-electron chi connectivity index (χ2n) is 4.12. The van der Waals surface area contributed by atoms with E-state index >= 15 is 0 Å². The van der Waals surface area contributed by atoms with Crippen molar-refractivity contribution in [1.29, 1.82) is 0 Å². The van der Waals surface area contributed by atoms with Gasteiger partial charge in [-0.25, -0.2) is 0 Å². The van der Waals surface area contributed by atoms with E-state index in [9.17, 15) is 5.11 Å². The number of hydrogen-bond donors (Lipinski definition) is 1. The molecule has 0 saturated carbocycles. The third kappa shape index (κ3) is 3.26. The summed E-state index contributed by atoms with van der Waals surface area (Å²) in [6, 6.07) is 10.7. The molecule has 0 aliphatic carbocycles. The minimum absolute atomic E-state index is 0.109. The minimum Gasteiger partial charge on any atom is -0.504 e. The van der Waals surface area contributed by atoms with E-state index in [0.717, 1.165) is 16.8 Å². The van der Waals surface area contributed by atoms with E-state index < -0.39 is 0 Å². The number of phenols is 1. The van der Waals surface area contributed by atoms with E-state index in [1.807, 2.05) is 25.1 Å². The molecule has 0 aliphatic rings. The summed E-state index contributed by atoms with van der Waals surface area (Å²) in [5.41, 5.74) is 2.64. The van der Waals surface area contributed by atoms with Crippen molar-refractivity contribution in [3.8, 4) is 11.5 Å². The monoisotopic (exact) mass is 275 g/mol. The summed E-state index contributed by atoms with van der Waals surface area (Å²) >= 11 is 6.04. The fraction of sp³-hybridized carbons (Fsp3) is 0.133. The van der Waals surface area contributed by atoms with Crippen molar-refractivity contribution in [3.63, 3.8) is 0 Å². The molecular weight excluding hydrogens is 262 g/mol. The number of benzene rings is 2. The molecule has 0 aromatic heterocycles. The van der Waals surface area contributed by atoms with Gasteiger partial charge in [-0.1, -0.05) is 17.7 Å². The number of aromatic hydroxyl groups is 1. The van der Waals surface area contributed by atoms with Crippen molar-refractivity contribution in [2.45, 2.75) is 6.92 Å². The predicted octanol–water partition coefficient (Wildman–Crippen LogP) is 4.11. The highest BCUT2D eigenvalue weighted by Gasteiger charge is 2.01. The molecule has 2 rings (SSSR count). The Morgan fingerprint density at radius 3 is 2.68 bits per heavy atom. The number of hydrogen-bond acceptors (Lipinski definition) is 3. The number of halogens is 1. The van der Waals surface area contributed by atoms with E-state index in [1.54, 1.807) is 24.4 Å². The molecule has 1 N–H and O–H groups in total. The van der Waals surface area contributed by atoms with Crippen molar-refractivity contribution in [1.82, 2.24) is 0 Å². The Bertz CT molecular complexity index is 624. The molecule has 0 atom stereocenters. The third-order valence-electron chi connectivity index (χ3n) is 2.72. The first kappa shape index (κ1) is 13.4. The van der Waals surface area contributed by atoms with Gasteiger partial charge in [0, 0.05) is 11.2 Å². The third-order valence-corrected chi connectivity index (χ3v) is 3.13. The fourth-order valence-electron chi connectivity index (χ4n) is 1.59. The Balaban J connectivity index is 2.24. The van der Waals surface area contributed by atoms with Crippen LogP contribution in [0.25, 0.3) is 0 Å². The molecular formula is C15H14ClNO2. The van der Waals surface area contributed by atoms with Gasteiger partial charge < -0.3 is 9.84 Å². The number of methoxy groups -OCH3 is 1. The molecule has 2 aromatic carbocycles. The van der Waals surface area contributed by atoms with Crippen LogP contribution in [0, 0.1) is 6.92 Å². The Kier molecular flexibility index (Phi) is 4.07. The maximum Gasteiger partial charge on any atom is 0.161 e. The summed E-state index contributed by atoms with van der Waals surface area (Å²) in [6.07, 6.45) is 1.70. The molecule has 0 fully saturated rings. The maximum atomic E-state index is 9.50. The molecule has 98 valence electrons. The van der Waals surface area contributed by atoms with Crippen LogP contribution in [-0.2, 0) is 0 Å². The number of aliphatic imine (C=N–C) groups is 1. The van der Waals surface area contributed by atoms with E-state index in [-0.39, 0.29) is 5.75 Å². The van der Waals surface area contributed by atoms with Gasteiger partial charge in [0.1, 0.15) is 0 Å². The van der Waals surface area contributed by atoms with Gasteiger partial charge in [-0.05, 0) is 48.4 Å². The number of rotatable bonds is 3. The highest BCUT2D eigenvalue weighted by molar-refractivity contribution is 6.31. The average molecular weight is 276 g/mol. The lowest BCUT2D eigenvalue weighted by Crippen LogP contribution is -1.87. The van der Waals surface area contributed by atoms with Crippen LogP contribution in [0.1, 0.15) is 11.1 Å². The number of phenolic OH excluding ortho intramolecular Hbond substituents is 1. The summed E-state index contributed by atoms with van der Waals surface area (Å²) in [5.74, 6) is 0.531. The van der Waals surface area contributed by atoms with Gasteiger partial charge in [0.25, 0.3) is 0 Å². The second kappa shape index (κ2) is 5.76. The van der Waals surface area contributed by atoms with E-state index in [0.29, 0.717) is 10.8 Å². The highest BCUT2D eigenvalue weighted by atomic mass is 35.5. The minimum atomic E-state index is 0.109. The Hall–Kier alpha value is -2.00. The van der Waals surface area contributed by atoms with Crippen LogP contribution in [0.4, 0.5) is 5.69 Å². The molecule has 0 bridgehead atoms. The van der Waals surface area contributed by atoms with Crippen molar-refractivity contribution >= 4 is 23.5 Å². The second-order valence-corrected chi connectivity index (χ2v) is 4.53. The topological polar surface area (TPSA) is 41.8 Å². The van der Waals surface area contributed by atoms with Crippen LogP contribution in [0.5, 0.6) is 11.5 Å². The Morgan fingerprint density at radius 1 is 1.21 bits per heavy atom. The molecule has 0 spiro atoms. The maximum absolute atomic E-state index is 9.50. The number of ether oxygens (including phenoxy) is 1. The largest absolute Gasteiger partial charge is 0.504 e. The normalized spacial score (nSPS) is 10.9. The first-order chi connectivity index (χ1) is 9.10. The molecule has 0 radical (unpaired) electrons. The summed E-state index contributed by atoms with van der Waals surface area (Å²) in [7, 11) is 1.51. The molecule has 19 heavy (non-hydrogen) atoms. The van der Waals surface area contributed by atoms with Crippen LogP contribution in [-0.4, -0.2) is 18.4 Å².